The second-order valence-electron chi connectivity index (χ2n) is 2.55. The largest absolute Gasteiger partial charge is 1.00 e. The summed E-state index contributed by atoms with van der Waals surface area (Å²) in [4.78, 5) is 8.33. The van der Waals surface area contributed by atoms with E-state index in [0.717, 1.165) is 10.2 Å². The van der Waals surface area contributed by atoms with Crippen molar-refractivity contribution in [3.05, 3.63) is 28.7 Å². The Kier molecular flexibility index (Phi) is 23.7. The van der Waals surface area contributed by atoms with E-state index in [2.05, 4.69) is 15.9 Å². The third-order valence-corrected chi connectivity index (χ3v) is 1.90. The van der Waals surface area contributed by atoms with Crippen LogP contribution in [0.2, 0.25) is 0 Å². The molecule has 90 valence electrons. The van der Waals surface area contributed by atoms with Crippen molar-refractivity contribution in [2.24, 2.45) is 0 Å². The average molecular weight is 369 g/mol. The molecular weight excluding hydrogens is 358 g/mol. The first kappa shape index (κ1) is 25.0. The zero-order valence-electron chi connectivity index (χ0n) is 10.6. The summed E-state index contributed by atoms with van der Waals surface area (Å²) >= 11 is 3.35. The number of carbonyl (C=O) groups excluding carboxylic acids is 1. The second kappa shape index (κ2) is 17.1. The molecule has 0 saturated carbocycles. The second-order valence-corrected chi connectivity index (χ2v) is 3.46. The predicted molar refractivity (Wildman–Crippen MR) is 56.9 cm³/mol. The topological polar surface area (TPSA) is 81.7 Å². The number of carbonyl (C=O) groups is 1. The monoisotopic (exact) mass is 368 g/mol. The van der Waals surface area contributed by atoms with Gasteiger partial charge in [0.25, 0.3) is 0 Å². The fourth-order valence-corrected chi connectivity index (χ4v) is 1.04. The van der Waals surface area contributed by atoms with Gasteiger partial charge in [-0.1, -0.05) is 15.9 Å². The molecular formula is C10H11BrK2O5. The van der Waals surface area contributed by atoms with Crippen LogP contribution in [0.3, 0.4) is 0 Å². The summed E-state index contributed by atoms with van der Waals surface area (Å²) in [6.07, 6.45) is -2.33. The van der Waals surface area contributed by atoms with Crippen LogP contribution >= 0.6 is 15.9 Å². The van der Waals surface area contributed by atoms with Crippen LogP contribution in [-0.2, 0) is 4.74 Å². The average Bonchev–Trinajstić information content (AvgIpc) is 2.20. The summed E-state index contributed by atoms with van der Waals surface area (Å²) < 4.78 is 11.3. The van der Waals surface area contributed by atoms with Gasteiger partial charge in [0, 0.05) is 11.6 Å². The van der Waals surface area contributed by atoms with Crippen LogP contribution in [0, 0.1) is 0 Å². The molecule has 0 amide bonds. The Hall–Kier alpha value is 2.00. The van der Waals surface area contributed by atoms with Gasteiger partial charge in [-0.2, -0.15) is 0 Å². The quantitative estimate of drug-likeness (QED) is 0.390. The van der Waals surface area contributed by atoms with E-state index in [0.29, 0.717) is 13.2 Å². The number of hydrogen-bond donors (Lipinski definition) is 0. The Morgan fingerprint density at radius 2 is 1.61 bits per heavy atom. The summed E-state index contributed by atoms with van der Waals surface area (Å²) in [6, 6.07) is 7.73. The zero-order valence-corrected chi connectivity index (χ0v) is 18.5. The molecule has 0 atom stereocenters. The molecule has 1 aromatic rings. The minimum absolute atomic E-state index is 0. The van der Waals surface area contributed by atoms with Crippen LogP contribution in [-0.4, -0.2) is 26.5 Å². The molecule has 8 heteroatoms. The first-order valence-corrected chi connectivity index (χ1v) is 5.11. The van der Waals surface area contributed by atoms with E-state index in [1.165, 1.54) is 0 Å². The summed E-state index contributed by atoms with van der Waals surface area (Å²) in [7, 11) is 1.66. The van der Waals surface area contributed by atoms with E-state index in [1.807, 2.05) is 24.3 Å². The molecule has 1 aromatic carbocycles. The summed E-state index contributed by atoms with van der Waals surface area (Å²) in [6.45, 7) is 1.22. The minimum Gasteiger partial charge on any atom is -0.652 e. The first-order valence-electron chi connectivity index (χ1n) is 4.31. The minimum atomic E-state index is -2.33. The molecule has 0 spiro atoms. The molecule has 0 saturated heterocycles. The molecule has 0 radical (unpaired) electrons. The zero-order chi connectivity index (χ0) is 12.4. The van der Waals surface area contributed by atoms with E-state index in [9.17, 15) is 0 Å². The van der Waals surface area contributed by atoms with Gasteiger partial charge in [-0.15, -0.1) is 0 Å². The molecule has 0 N–H and O–H groups in total. The first-order chi connectivity index (χ1) is 7.56. The van der Waals surface area contributed by atoms with E-state index in [1.54, 1.807) is 7.11 Å². The van der Waals surface area contributed by atoms with Crippen LogP contribution in [0.15, 0.2) is 28.7 Å². The molecule has 18 heavy (non-hydrogen) atoms. The molecule has 0 unspecified atom stereocenters. The standard InChI is InChI=1S/C9H11BrO2.CH2O3.2K/c1-11-6-7-12-9-4-2-8(10)3-5-9;2-1(3)4;;/h2-5H,6-7H2,1H3;(H2,2,3,4);;/q;;2*+1/p-2. The molecule has 0 aliphatic rings. The van der Waals surface area contributed by atoms with Crippen molar-refractivity contribution in [3.63, 3.8) is 0 Å². The van der Waals surface area contributed by atoms with Crippen LogP contribution < -0.4 is 118 Å². The number of halogens is 1. The number of methoxy groups -OCH3 is 1. The van der Waals surface area contributed by atoms with Gasteiger partial charge in [0.15, 0.2) is 0 Å². The van der Waals surface area contributed by atoms with E-state index >= 15 is 0 Å². The van der Waals surface area contributed by atoms with Gasteiger partial charge in [0.2, 0.25) is 0 Å². The van der Waals surface area contributed by atoms with Gasteiger partial charge in [0.1, 0.15) is 12.4 Å². The summed E-state index contributed by atoms with van der Waals surface area (Å²) in [5.41, 5.74) is 0. The van der Waals surface area contributed by atoms with Crippen LogP contribution in [0.4, 0.5) is 4.79 Å². The van der Waals surface area contributed by atoms with E-state index < -0.39 is 6.16 Å². The number of carboxylic acid groups (broad SMARTS) is 2. The Morgan fingerprint density at radius 3 is 2.00 bits per heavy atom. The van der Waals surface area contributed by atoms with Gasteiger partial charge < -0.3 is 24.5 Å². The molecule has 5 nitrogen and oxygen atoms in total. The maximum Gasteiger partial charge on any atom is 1.00 e. The van der Waals surface area contributed by atoms with Crippen LogP contribution in [0.25, 0.3) is 0 Å². The fourth-order valence-electron chi connectivity index (χ4n) is 0.774. The van der Waals surface area contributed by atoms with Crippen molar-refractivity contribution in [1.29, 1.82) is 0 Å². The van der Waals surface area contributed by atoms with Crippen molar-refractivity contribution in [2.75, 3.05) is 20.3 Å². The van der Waals surface area contributed by atoms with Crippen molar-refractivity contribution >= 4 is 22.1 Å². The third-order valence-electron chi connectivity index (χ3n) is 1.37. The predicted octanol–water partition coefficient (Wildman–Crippen LogP) is -5.96. The Labute approximate surface area is 200 Å². The number of ether oxygens (including phenoxy) is 2. The van der Waals surface area contributed by atoms with Crippen molar-refractivity contribution < 1.29 is 127 Å². The van der Waals surface area contributed by atoms with Crippen LogP contribution in [0.1, 0.15) is 0 Å². The van der Waals surface area contributed by atoms with Gasteiger partial charge >= 0.3 is 103 Å². The molecule has 0 aromatic heterocycles. The maximum atomic E-state index is 8.33. The number of benzene rings is 1. The summed E-state index contributed by atoms with van der Waals surface area (Å²) in [5, 5.41) is 16.7. The normalized spacial score (nSPS) is 7.89. The van der Waals surface area contributed by atoms with Crippen molar-refractivity contribution in [3.8, 4) is 5.75 Å². The van der Waals surface area contributed by atoms with Crippen molar-refractivity contribution in [2.45, 2.75) is 0 Å². The number of hydrogen-bond acceptors (Lipinski definition) is 5. The molecule has 0 bridgehead atoms. The fraction of sp³-hybridized carbons (Fsp3) is 0.300. The van der Waals surface area contributed by atoms with Gasteiger partial charge in [-0.25, -0.2) is 0 Å². The Bertz CT molecular complexity index is 304. The smallest absolute Gasteiger partial charge is 0.652 e. The van der Waals surface area contributed by atoms with Crippen LogP contribution in [0.5, 0.6) is 5.75 Å². The molecule has 1 rings (SSSR count). The molecule has 0 heterocycles. The third kappa shape index (κ3) is 18.0. The van der Waals surface area contributed by atoms with E-state index in [-0.39, 0.29) is 103 Å². The molecule has 0 aliphatic heterocycles. The van der Waals surface area contributed by atoms with Gasteiger partial charge in [-0.05, 0) is 30.4 Å². The van der Waals surface area contributed by atoms with Gasteiger partial charge in [0.05, 0.1) is 6.61 Å². The van der Waals surface area contributed by atoms with E-state index in [4.69, 9.17) is 24.5 Å². The van der Waals surface area contributed by atoms with Crippen molar-refractivity contribution in [1.82, 2.24) is 0 Å². The summed E-state index contributed by atoms with van der Waals surface area (Å²) in [5.74, 6) is 0.871. The molecule has 0 fully saturated rings. The SMILES string of the molecule is COCCOc1ccc(Br)cc1.O=C([O-])[O-].[K+].[K+]. The Balaban J connectivity index is -0.000000332. The molecule has 0 aliphatic carbocycles. The van der Waals surface area contributed by atoms with Gasteiger partial charge in [-0.3, -0.25) is 0 Å². The number of rotatable bonds is 4. The maximum absolute atomic E-state index is 8.33. The Morgan fingerprint density at radius 1 is 1.17 bits per heavy atom.